The lowest BCUT2D eigenvalue weighted by Crippen LogP contribution is -1.94. The molecule has 0 unspecified atom stereocenters. The number of oxime groups is 1. The van der Waals surface area contributed by atoms with Gasteiger partial charge in [0.2, 0.25) is 0 Å². The van der Waals surface area contributed by atoms with Crippen LogP contribution in [0, 0.1) is 0 Å². The Labute approximate surface area is 82.4 Å². The molecule has 1 rings (SSSR count). The predicted octanol–water partition coefficient (Wildman–Crippen LogP) is 2.90. The van der Waals surface area contributed by atoms with Gasteiger partial charge < -0.3 is 5.21 Å². The molecule has 0 heterocycles. The zero-order chi connectivity index (χ0) is 9.68. The number of nitrogens with zero attached hydrogens (tertiary/aromatic N) is 4. The first kappa shape index (κ1) is 9.57. The smallest absolute Gasteiger partial charge is 0.173 e. The Morgan fingerprint density at radius 1 is 1.38 bits per heavy atom. The standard InChI is InChI=1S/C7H5BrN4O/c8-6-3-1-5(2-4-6)7(11-13)10-12-9/h1-4,13H/b11-7-. The number of hydrogen-bond acceptors (Lipinski definition) is 2. The van der Waals surface area contributed by atoms with Crippen molar-refractivity contribution in [3.63, 3.8) is 0 Å². The van der Waals surface area contributed by atoms with Gasteiger partial charge in [-0.15, -0.1) is 0 Å². The van der Waals surface area contributed by atoms with Gasteiger partial charge in [0.1, 0.15) is 0 Å². The van der Waals surface area contributed by atoms with Crippen molar-refractivity contribution in [3.8, 4) is 0 Å². The number of amidine groups is 1. The summed E-state index contributed by atoms with van der Waals surface area (Å²) in [5.41, 5.74) is 8.70. The van der Waals surface area contributed by atoms with Crippen molar-refractivity contribution < 1.29 is 5.21 Å². The molecule has 0 aliphatic heterocycles. The van der Waals surface area contributed by atoms with Crippen LogP contribution in [0.2, 0.25) is 0 Å². The highest BCUT2D eigenvalue weighted by Crippen LogP contribution is 2.11. The molecule has 0 spiro atoms. The molecular formula is C7H5BrN4O. The van der Waals surface area contributed by atoms with E-state index in [4.69, 9.17) is 10.7 Å². The molecule has 0 radical (unpaired) electrons. The van der Waals surface area contributed by atoms with Crippen molar-refractivity contribution in [2.45, 2.75) is 0 Å². The normalized spacial score (nSPS) is 10.7. The topological polar surface area (TPSA) is 81.4 Å². The molecule has 5 nitrogen and oxygen atoms in total. The minimum atomic E-state index is -0.0463. The van der Waals surface area contributed by atoms with Gasteiger partial charge in [0, 0.05) is 14.9 Å². The van der Waals surface area contributed by atoms with Crippen molar-refractivity contribution >= 4 is 21.8 Å². The molecule has 0 atom stereocenters. The van der Waals surface area contributed by atoms with Crippen molar-refractivity contribution in [1.29, 1.82) is 0 Å². The Hall–Kier alpha value is -1.52. The van der Waals surface area contributed by atoms with Crippen LogP contribution in [0.15, 0.2) is 39.0 Å². The average molecular weight is 241 g/mol. The summed E-state index contributed by atoms with van der Waals surface area (Å²) in [4.78, 5) is 2.53. The Morgan fingerprint density at radius 2 is 2.00 bits per heavy atom. The summed E-state index contributed by atoms with van der Waals surface area (Å²) in [5.74, 6) is -0.0463. The van der Waals surface area contributed by atoms with Crippen molar-refractivity contribution in [1.82, 2.24) is 0 Å². The summed E-state index contributed by atoms with van der Waals surface area (Å²) >= 11 is 3.25. The fourth-order valence-corrected chi connectivity index (χ4v) is 1.04. The van der Waals surface area contributed by atoms with E-state index in [9.17, 15) is 0 Å². The summed E-state index contributed by atoms with van der Waals surface area (Å²) in [5, 5.41) is 14.6. The van der Waals surface area contributed by atoms with Crippen LogP contribution < -0.4 is 0 Å². The van der Waals surface area contributed by atoms with Gasteiger partial charge >= 0.3 is 0 Å². The Morgan fingerprint density at radius 3 is 2.46 bits per heavy atom. The molecule has 1 aromatic carbocycles. The Bertz CT molecular complexity index is 367. The van der Waals surface area contributed by atoms with Gasteiger partial charge in [0.15, 0.2) is 5.84 Å². The first-order valence-electron chi connectivity index (χ1n) is 3.31. The number of rotatable bonds is 1. The molecule has 13 heavy (non-hydrogen) atoms. The largest absolute Gasteiger partial charge is 0.410 e. The van der Waals surface area contributed by atoms with Crippen LogP contribution in [0.4, 0.5) is 0 Å². The number of azide groups is 1. The monoisotopic (exact) mass is 240 g/mol. The molecule has 0 amide bonds. The third-order valence-electron chi connectivity index (χ3n) is 1.34. The van der Waals surface area contributed by atoms with Crippen molar-refractivity contribution in [3.05, 3.63) is 44.7 Å². The molecule has 1 N–H and O–H groups in total. The van der Waals surface area contributed by atoms with Crippen LogP contribution in [-0.2, 0) is 0 Å². The van der Waals surface area contributed by atoms with Gasteiger partial charge in [-0.25, -0.2) is 0 Å². The molecule has 0 aromatic heterocycles. The highest BCUT2D eigenvalue weighted by molar-refractivity contribution is 9.10. The van der Waals surface area contributed by atoms with Crippen LogP contribution in [0.25, 0.3) is 10.4 Å². The molecule has 0 saturated heterocycles. The molecule has 1 aromatic rings. The van der Waals surface area contributed by atoms with E-state index < -0.39 is 0 Å². The van der Waals surface area contributed by atoms with Crippen LogP contribution >= 0.6 is 15.9 Å². The second-order valence-electron chi connectivity index (χ2n) is 2.12. The van der Waals surface area contributed by atoms with Gasteiger partial charge in [-0.05, 0) is 22.8 Å². The molecule has 6 heteroatoms. The second-order valence-corrected chi connectivity index (χ2v) is 3.04. The third-order valence-corrected chi connectivity index (χ3v) is 1.87. The molecule has 0 aliphatic rings. The Kier molecular flexibility index (Phi) is 3.31. The molecule has 0 aliphatic carbocycles. The van der Waals surface area contributed by atoms with Crippen LogP contribution in [0.3, 0.4) is 0 Å². The van der Waals surface area contributed by atoms with Gasteiger partial charge in [-0.2, -0.15) is 0 Å². The lowest BCUT2D eigenvalue weighted by Gasteiger charge is -1.96. The van der Waals surface area contributed by atoms with E-state index in [1.807, 2.05) is 0 Å². The predicted molar refractivity (Wildman–Crippen MR) is 51.6 cm³/mol. The minimum Gasteiger partial charge on any atom is -0.410 e. The number of hydrogen-bond donors (Lipinski definition) is 1. The van der Waals surface area contributed by atoms with E-state index in [0.717, 1.165) is 4.47 Å². The van der Waals surface area contributed by atoms with E-state index >= 15 is 0 Å². The molecule has 0 saturated carbocycles. The number of halogens is 1. The van der Waals surface area contributed by atoms with Crippen LogP contribution in [0.5, 0.6) is 0 Å². The molecule has 66 valence electrons. The average Bonchev–Trinajstić information content (AvgIpc) is 2.16. The van der Waals surface area contributed by atoms with E-state index in [1.165, 1.54) is 0 Å². The van der Waals surface area contributed by atoms with E-state index in [0.29, 0.717) is 5.56 Å². The van der Waals surface area contributed by atoms with Gasteiger partial charge in [-0.3, -0.25) is 0 Å². The van der Waals surface area contributed by atoms with E-state index in [2.05, 4.69) is 31.1 Å². The van der Waals surface area contributed by atoms with Crippen molar-refractivity contribution in [2.24, 2.45) is 10.3 Å². The summed E-state index contributed by atoms with van der Waals surface area (Å²) < 4.78 is 0.898. The first-order chi connectivity index (χ1) is 6.27. The highest BCUT2D eigenvalue weighted by atomic mass is 79.9. The molecule has 0 fully saturated rings. The van der Waals surface area contributed by atoms with E-state index in [1.54, 1.807) is 24.3 Å². The van der Waals surface area contributed by atoms with Gasteiger partial charge in [0.25, 0.3) is 0 Å². The van der Waals surface area contributed by atoms with Crippen LogP contribution in [-0.4, -0.2) is 11.0 Å². The summed E-state index contributed by atoms with van der Waals surface area (Å²) in [6.45, 7) is 0. The summed E-state index contributed by atoms with van der Waals surface area (Å²) in [7, 11) is 0. The number of benzene rings is 1. The van der Waals surface area contributed by atoms with Crippen LogP contribution in [0.1, 0.15) is 5.56 Å². The molecular weight excluding hydrogens is 236 g/mol. The zero-order valence-corrected chi connectivity index (χ0v) is 8.01. The van der Waals surface area contributed by atoms with Gasteiger partial charge in [-0.1, -0.05) is 33.2 Å². The fraction of sp³-hybridized carbons (Fsp3) is 0. The van der Waals surface area contributed by atoms with Gasteiger partial charge in [0.05, 0.1) is 0 Å². The second kappa shape index (κ2) is 4.49. The maximum absolute atomic E-state index is 8.49. The van der Waals surface area contributed by atoms with Crippen molar-refractivity contribution in [2.75, 3.05) is 0 Å². The zero-order valence-electron chi connectivity index (χ0n) is 6.42. The Balaban J connectivity index is 3.07. The summed E-state index contributed by atoms with van der Waals surface area (Å²) in [6, 6.07) is 6.86. The SMILES string of the molecule is [N-]=[N+]=N/C(=N\O)c1ccc(Br)cc1. The lowest BCUT2D eigenvalue weighted by atomic mass is 10.2. The molecule has 0 bridgehead atoms. The summed E-state index contributed by atoms with van der Waals surface area (Å²) in [6.07, 6.45) is 0. The third kappa shape index (κ3) is 2.47. The maximum Gasteiger partial charge on any atom is 0.173 e. The maximum atomic E-state index is 8.49. The fourth-order valence-electron chi connectivity index (χ4n) is 0.777. The lowest BCUT2D eigenvalue weighted by molar-refractivity contribution is 0.318. The van der Waals surface area contributed by atoms with E-state index in [-0.39, 0.29) is 5.84 Å². The quantitative estimate of drug-likeness (QED) is 0.153. The first-order valence-corrected chi connectivity index (χ1v) is 4.10. The highest BCUT2D eigenvalue weighted by Gasteiger charge is 2.00. The minimum absolute atomic E-state index is 0.0463.